The minimum Gasteiger partial charge on any atom is -0.352 e. The maximum absolute atomic E-state index is 11.0. The number of pyridine rings is 1. The van der Waals surface area contributed by atoms with Crippen LogP contribution in [0, 0.1) is 4.64 Å². The smallest absolute Gasteiger partial charge is 0.251 e. The number of nitrogens with one attached hydrogen (secondary N) is 2. The third kappa shape index (κ3) is 7.42. The zero-order valence-corrected chi connectivity index (χ0v) is 13.2. The number of hydrazine groups is 1. The lowest BCUT2D eigenvalue weighted by Crippen LogP contribution is -2.45. The third-order valence-electron chi connectivity index (χ3n) is 1.68. The Hall–Kier alpha value is -0.0200. The van der Waals surface area contributed by atoms with E-state index in [0.717, 1.165) is 4.90 Å². The highest BCUT2D eigenvalue weighted by molar-refractivity contribution is 7.99. The Morgan fingerprint density at radius 3 is 2.61 bits per heavy atom. The first-order valence-corrected chi connectivity index (χ1v) is 5.61. The summed E-state index contributed by atoms with van der Waals surface area (Å²) in [6.45, 7) is 0. The van der Waals surface area contributed by atoms with Crippen LogP contribution in [0.5, 0.6) is 0 Å². The molecule has 0 spiro atoms. The molecule has 1 atom stereocenters. The molecule has 0 aliphatic rings. The van der Waals surface area contributed by atoms with Crippen LogP contribution in [0.15, 0.2) is 23.2 Å². The number of aromatic nitrogens is 1. The number of carbonyl (C=O) groups excluding carboxylic acids is 1. The van der Waals surface area contributed by atoms with Gasteiger partial charge in [-0.1, -0.05) is 12.2 Å². The molecule has 1 rings (SSSR count). The molecule has 0 unspecified atom stereocenters. The molecule has 18 heavy (non-hydrogen) atoms. The molecule has 5 nitrogen and oxygen atoms in total. The Bertz CT molecular complexity index is 404. The lowest BCUT2D eigenvalue weighted by atomic mass is 10.3. The van der Waals surface area contributed by atoms with Gasteiger partial charge < -0.3 is 10.7 Å². The Morgan fingerprint density at radius 2 is 2.11 bits per heavy atom. The van der Waals surface area contributed by atoms with E-state index in [1.54, 1.807) is 6.20 Å². The monoisotopic (exact) mass is 352 g/mol. The van der Waals surface area contributed by atoms with Gasteiger partial charge >= 0.3 is 0 Å². The summed E-state index contributed by atoms with van der Waals surface area (Å²) in [5, 5.41) is 0. The maximum Gasteiger partial charge on any atom is 0.251 e. The van der Waals surface area contributed by atoms with Gasteiger partial charge in [-0.25, -0.2) is 5.84 Å². The van der Waals surface area contributed by atoms with Crippen molar-refractivity contribution in [2.24, 2.45) is 11.6 Å². The molecule has 0 saturated heterocycles. The summed E-state index contributed by atoms with van der Waals surface area (Å²) in [5.74, 6) is 5.01. The van der Waals surface area contributed by atoms with Crippen molar-refractivity contribution in [3.05, 3.63) is 23.0 Å². The van der Waals surface area contributed by atoms with Crippen LogP contribution >= 0.6 is 61.2 Å². The quantitative estimate of drug-likeness (QED) is 0.216. The van der Waals surface area contributed by atoms with Crippen molar-refractivity contribution in [3.63, 3.8) is 0 Å². The molecule has 106 valence electrons. The summed E-state index contributed by atoms with van der Waals surface area (Å²) in [4.78, 5) is 14.8. The van der Waals surface area contributed by atoms with Crippen LogP contribution in [0.4, 0.5) is 0 Å². The predicted molar refractivity (Wildman–Crippen MR) is 84.4 cm³/mol. The van der Waals surface area contributed by atoms with E-state index in [9.17, 15) is 4.79 Å². The van der Waals surface area contributed by atoms with Gasteiger partial charge in [-0.3, -0.25) is 10.2 Å². The largest absolute Gasteiger partial charge is 0.352 e. The highest BCUT2D eigenvalue weighted by Gasteiger charge is 2.12. The number of rotatable bonds is 4. The van der Waals surface area contributed by atoms with Crippen molar-refractivity contribution >= 4 is 67.1 Å². The van der Waals surface area contributed by atoms with Gasteiger partial charge in [-0.05, 0) is 12.1 Å². The second-order valence-corrected chi connectivity index (χ2v) is 4.26. The van der Waals surface area contributed by atoms with E-state index in [2.05, 4.69) is 4.98 Å². The van der Waals surface area contributed by atoms with Gasteiger partial charge in [0.05, 0.1) is 6.04 Å². The van der Waals surface area contributed by atoms with Gasteiger partial charge in [-0.15, -0.1) is 49.0 Å². The Labute approximate surface area is 133 Å². The number of carbonyl (C=O) groups is 1. The summed E-state index contributed by atoms with van der Waals surface area (Å²) in [6, 6.07) is 3.08. The zero-order valence-electron chi connectivity index (χ0n) is 9.12. The molecule has 1 heterocycles. The van der Waals surface area contributed by atoms with Gasteiger partial charge in [0.25, 0.3) is 5.91 Å². The molecular weight excluding hydrogens is 339 g/mol. The molecule has 0 aromatic carbocycles. The zero-order chi connectivity index (χ0) is 11.3. The lowest BCUT2D eigenvalue weighted by Gasteiger charge is -2.08. The summed E-state index contributed by atoms with van der Waals surface area (Å²) < 4.78 is 0.642. The number of hydrogen-bond donors (Lipinski definition) is 4. The summed E-state index contributed by atoms with van der Waals surface area (Å²) in [5.41, 5.74) is 7.57. The number of H-pyrrole nitrogens is 1. The Morgan fingerprint density at radius 1 is 1.50 bits per heavy atom. The average molecular weight is 354 g/mol. The standard InChI is InChI=1S/C8H12N4OS2.3ClH/c9-5(7(13)12-10)4-15-6-2-1-3-11-8(6)14;;;/h1-3,5H,4,9-10H2,(H,11,14)(H,12,13);3*1H/t5-;;;/m0.../s1. The normalized spacial score (nSPS) is 10.1. The summed E-state index contributed by atoms with van der Waals surface area (Å²) in [6.07, 6.45) is 1.75. The molecule has 10 heteroatoms. The van der Waals surface area contributed by atoms with Crippen LogP contribution in [0.25, 0.3) is 0 Å². The SMILES string of the molecule is Cl.Cl.Cl.NNC(=O)[C@@H](N)CSc1ccc[nH]c1=S. The minimum absolute atomic E-state index is 0. The average Bonchev–Trinajstić information content (AvgIpc) is 2.26. The first-order chi connectivity index (χ1) is 7.15. The van der Waals surface area contributed by atoms with E-state index in [0.29, 0.717) is 10.4 Å². The van der Waals surface area contributed by atoms with E-state index >= 15 is 0 Å². The molecule has 0 bridgehead atoms. The van der Waals surface area contributed by atoms with Crippen molar-refractivity contribution in [3.8, 4) is 0 Å². The van der Waals surface area contributed by atoms with E-state index in [1.807, 2.05) is 17.6 Å². The van der Waals surface area contributed by atoms with E-state index in [1.165, 1.54) is 11.8 Å². The van der Waals surface area contributed by atoms with Crippen LogP contribution in [-0.2, 0) is 4.79 Å². The lowest BCUT2D eigenvalue weighted by molar-refractivity contribution is -0.121. The van der Waals surface area contributed by atoms with Crippen molar-refractivity contribution in [1.82, 2.24) is 10.4 Å². The van der Waals surface area contributed by atoms with Crippen LogP contribution < -0.4 is 17.0 Å². The number of hydrogen-bond acceptors (Lipinski definition) is 5. The number of thioether (sulfide) groups is 1. The van der Waals surface area contributed by atoms with E-state index in [4.69, 9.17) is 23.8 Å². The summed E-state index contributed by atoms with van der Waals surface area (Å²) >= 11 is 6.48. The van der Waals surface area contributed by atoms with Gasteiger partial charge in [-0.2, -0.15) is 0 Å². The van der Waals surface area contributed by atoms with E-state index in [-0.39, 0.29) is 43.1 Å². The van der Waals surface area contributed by atoms with Gasteiger partial charge in [0.15, 0.2) is 0 Å². The van der Waals surface area contributed by atoms with Gasteiger partial charge in [0.2, 0.25) is 0 Å². The number of aromatic amines is 1. The molecule has 1 aromatic heterocycles. The molecule has 0 radical (unpaired) electrons. The van der Waals surface area contributed by atoms with Gasteiger partial charge in [0, 0.05) is 16.8 Å². The Kier molecular flexibility index (Phi) is 15.4. The fourth-order valence-electron chi connectivity index (χ4n) is 0.882. The molecule has 0 aliphatic carbocycles. The fraction of sp³-hybridized carbons (Fsp3) is 0.250. The van der Waals surface area contributed by atoms with Crippen molar-refractivity contribution in [2.75, 3.05) is 5.75 Å². The van der Waals surface area contributed by atoms with E-state index < -0.39 is 6.04 Å². The number of halogens is 3. The molecule has 0 saturated carbocycles. The van der Waals surface area contributed by atoms with Crippen molar-refractivity contribution in [1.29, 1.82) is 0 Å². The van der Waals surface area contributed by atoms with Crippen LogP contribution in [0.3, 0.4) is 0 Å². The highest BCUT2D eigenvalue weighted by atomic mass is 35.5. The molecular formula is C8H15Cl3N4OS2. The summed E-state index contributed by atoms with van der Waals surface area (Å²) in [7, 11) is 0. The third-order valence-corrected chi connectivity index (χ3v) is 3.32. The predicted octanol–water partition coefficient (Wildman–Crippen LogP) is 1.42. The highest BCUT2D eigenvalue weighted by Crippen LogP contribution is 2.18. The van der Waals surface area contributed by atoms with Crippen molar-refractivity contribution < 1.29 is 4.79 Å². The molecule has 1 aromatic rings. The molecule has 0 aliphatic heterocycles. The topological polar surface area (TPSA) is 96.9 Å². The van der Waals surface area contributed by atoms with Crippen LogP contribution in [0.1, 0.15) is 0 Å². The maximum atomic E-state index is 11.0. The fourth-order valence-corrected chi connectivity index (χ4v) is 2.07. The molecule has 6 N–H and O–H groups in total. The second-order valence-electron chi connectivity index (χ2n) is 2.79. The first-order valence-electron chi connectivity index (χ1n) is 4.21. The Balaban J connectivity index is -0.000000750. The molecule has 1 amide bonds. The number of nitrogens with two attached hydrogens (primary N) is 2. The second kappa shape index (κ2) is 12.0. The van der Waals surface area contributed by atoms with Crippen LogP contribution in [-0.4, -0.2) is 22.7 Å². The first kappa shape index (κ1) is 23.1. The van der Waals surface area contributed by atoms with Gasteiger partial charge in [0.1, 0.15) is 4.64 Å². The van der Waals surface area contributed by atoms with Crippen LogP contribution in [0.2, 0.25) is 0 Å². The molecule has 0 fully saturated rings. The minimum atomic E-state index is -0.630. The number of amides is 1. The van der Waals surface area contributed by atoms with Crippen molar-refractivity contribution in [2.45, 2.75) is 10.9 Å².